The minimum atomic E-state index is -4.31. The third-order valence-corrected chi connectivity index (χ3v) is 6.69. The van der Waals surface area contributed by atoms with Gasteiger partial charge in [0.2, 0.25) is 5.91 Å². The van der Waals surface area contributed by atoms with E-state index in [4.69, 9.17) is 27.9 Å². The maximum absolute atomic E-state index is 14.0. The SMILES string of the molecule is COc1ccc(C)cc1S(=O)(=O)N(CC(=O)Nc1ccccc1F)c1cc(Cl)cc(Cl)c1. The van der Waals surface area contributed by atoms with E-state index >= 15 is 0 Å². The fourth-order valence-electron chi connectivity index (χ4n) is 2.99. The molecule has 0 heterocycles. The van der Waals surface area contributed by atoms with Gasteiger partial charge in [-0.1, -0.05) is 41.4 Å². The van der Waals surface area contributed by atoms with E-state index in [0.717, 1.165) is 4.31 Å². The Morgan fingerprint density at radius 1 is 1.06 bits per heavy atom. The number of carbonyl (C=O) groups is 1. The molecule has 168 valence electrons. The van der Waals surface area contributed by atoms with Gasteiger partial charge in [0.1, 0.15) is 23.0 Å². The van der Waals surface area contributed by atoms with Gasteiger partial charge >= 0.3 is 0 Å². The smallest absolute Gasteiger partial charge is 0.268 e. The van der Waals surface area contributed by atoms with Crippen molar-refractivity contribution in [2.75, 3.05) is 23.3 Å². The minimum Gasteiger partial charge on any atom is -0.495 e. The van der Waals surface area contributed by atoms with Gasteiger partial charge in [-0.15, -0.1) is 0 Å². The van der Waals surface area contributed by atoms with Crippen LogP contribution in [0.25, 0.3) is 0 Å². The van der Waals surface area contributed by atoms with E-state index in [2.05, 4.69) is 5.32 Å². The van der Waals surface area contributed by atoms with Crippen molar-refractivity contribution in [2.45, 2.75) is 11.8 Å². The summed E-state index contributed by atoms with van der Waals surface area (Å²) in [6, 6.07) is 14.4. The number of rotatable bonds is 7. The molecule has 0 aliphatic rings. The molecule has 32 heavy (non-hydrogen) atoms. The van der Waals surface area contributed by atoms with Crippen LogP contribution in [0.3, 0.4) is 0 Å². The first kappa shape index (κ1) is 23.8. The summed E-state index contributed by atoms with van der Waals surface area (Å²) in [6.07, 6.45) is 0. The Labute approximate surface area is 195 Å². The highest BCUT2D eigenvalue weighted by molar-refractivity contribution is 7.93. The molecule has 0 unspecified atom stereocenters. The largest absolute Gasteiger partial charge is 0.495 e. The highest BCUT2D eigenvalue weighted by Crippen LogP contribution is 2.33. The van der Waals surface area contributed by atoms with Crippen molar-refractivity contribution in [3.63, 3.8) is 0 Å². The normalized spacial score (nSPS) is 11.2. The van der Waals surface area contributed by atoms with E-state index < -0.39 is 28.3 Å². The number of para-hydroxylation sites is 1. The molecule has 0 spiro atoms. The number of carbonyl (C=O) groups excluding carboxylic acids is 1. The van der Waals surface area contributed by atoms with E-state index in [1.54, 1.807) is 19.1 Å². The Bertz CT molecular complexity index is 1250. The summed E-state index contributed by atoms with van der Waals surface area (Å²) in [5.74, 6) is -1.31. The molecule has 1 amide bonds. The Morgan fingerprint density at radius 3 is 2.34 bits per heavy atom. The van der Waals surface area contributed by atoms with Crippen LogP contribution in [-0.4, -0.2) is 28.0 Å². The van der Waals surface area contributed by atoms with Crippen LogP contribution in [0.4, 0.5) is 15.8 Å². The lowest BCUT2D eigenvalue weighted by Crippen LogP contribution is -2.38. The molecule has 0 fully saturated rings. The lowest BCUT2D eigenvalue weighted by molar-refractivity contribution is -0.114. The monoisotopic (exact) mass is 496 g/mol. The van der Waals surface area contributed by atoms with Crippen LogP contribution in [0, 0.1) is 12.7 Å². The molecule has 0 atom stereocenters. The molecule has 0 radical (unpaired) electrons. The average Bonchev–Trinajstić information content (AvgIpc) is 2.73. The van der Waals surface area contributed by atoms with Crippen LogP contribution in [0.15, 0.2) is 65.6 Å². The topological polar surface area (TPSA) is 75.7 Å². The minimum absolute atomic E-state index is 0.0646. The zero-order valence-electron chi connectivity index (χ0n) is 17.1. The Hall–Kier alpha value is -2.81. The van der Waals surface area contributed by atoms with Gasteiger partial charge in [-0.3, -0.25) is 9.10 Å². The summed E-state index contributed by atoms with van der Waals surface area (Å²) >= 11 is 12.2. The molecule has 3 rings (SSSR count). The third-order valence-electron chi connectivity index (χ3n) is 4.46. The Balaban J connectivity index is 2.08. The quantitative estimate of drug-likeness (QED) is 0.482. The number of aryl methyl sites for hydroxylation is 1. The van der Waals surface area contributed by atoms with E-state index in [1.807, 2.05) is 0 Å². The van der Waals surface area contributed by atoms with Crippen LogP contribution in [-0.2, 0) is 14.8 Å². The van der Waals surface area contributed by atoms with Gasteiger partial charge in [0.25, 0.3) is 10.0 Å². The Kier molecular flexibility index (Phi) is 7.28. The van der Waals surface area contributed by atoms with Crippen LogP contribution in [0.5, 0.6) is 5.75 Å². The van der Waals surface area contributed by atoms with Gasteiger partial charge in [0.15, 0.2) is 0 Å². The van der Waals surface area contributed by atoms with Gasteiger partial charge in [0.05, 0.1) is 18.5 Å². The van der Waals surface area contributed by atoms with E-state index in [0.29, 0.717) is 5.56 Å². The predicted octanol–water partition coefficient (Wildman–Crippen LogP) is 5.28. The van der Waals surface area contributed by atoms with Crippen molar-refractivity contribution < 1.29 is 22.3 Å². The highest BCUT2D eigenvalue weighted by atomic mass is 35.5. The summed E-state index contributed by atoms with van der Waals surface area (Å²) < 4.78 is 47.3. The number of hydrogen-bond donors (Lipinski definition) is 1. The standard InChI is InChI=1S/C22H19Cl2FN2O4S/c1-14-7-8-20(31-2)21(9-14)32(29,30)27(17-11-15(23)10-16(24)12-17)13-22(28)26-19-6-4-3-5-18(19)25/h3-12H,13H2,1-2H3,(H,26,28). The lowest BCUT2D eigenvalue weighted by atomic mass is 10.2. The average molecular weight is 497 g/mol. The zero-order chi connectivity index (χ0) is 23.5. The number of halogens is 3. The molecule has 0 aromatic heterocycles. The van der Waals surface area contributed by atoms with Crippen LogP contribution in [0.2, 0.25) is 10.0 Å². The summed E-state index contributed by atoms with van der Waals surface area (Å²) in [6.45, 7) is 1.06. The predicted molar refractivity (Wildman–Crippen MR) is 124 cm³/mol. The molecule has 0 bridgehead atoms. The van der Waals surface area contributed by atoms with Gasteiger partial charge in [0, 0.05) is 10.0 Å². The molecule has 0 saturated heterocycles. The third kappa shape index (κ3) is 5.32. The molecule has 1 N–H and O–H groups in total. The molecule has 3 aromatic carbocycles. The Morgan fingerprint density at radius 2 is 1.72 bits per heavy atom. The number of nitrogens with zero attached hydrogens (tertiary/aromatic N) is 1. The van der Waals surface area contributed by atoms with E-state index in [9.17, 15) is 17.6 Å². The van der Waals surface area contributed by atoms with E-state index in [1.165, 1.54) is 55.6 Å². The lowest BCUT2D eigenvalue weighted by Gasteiger charge is -2.25. The molecule has 0 aliphatic heterocycles. The number of amides is 1. The first-order valence-electron chi connectivity index (χ1n) is 9.29. The maximum Gasteiger partial charge on any atom is 0.268 e. The van der Waals surface area contributed by atoms with Gasteiger partial charge < -0.3 is 10.1 Å². The molecule has 0 aliphatic carbocycles. The van der Waals surface area contributed by atoms with Crippen molar-refractivity contribution in [1.82, 2.24) is 0 Å². The second kappa shape index (κ2) is 9.77. The molecule has 6 nitrogen and oxygen atoms in total. The van der Waals surface area contributed by atoms with Gasteiger partial charge in [-0.25, -0.2) is 12.8 Å². The van der Waals surface area contributed by atoms with Crippen molar-refractivity contribution in [1.29, 1.82) is 0 Å². The maximum atomic E-state index is 14.0. The summed E-state index contributed by atoms with van der Waals surface area (Å²) in [5, 5.41) is 2.74. The zero-order valence-corrected chi connectivity index (χ0v) is 19.4. The molecule has 0 saturated carbocycles. The number of hydrogen-bond acceptors (Lipinski definition) is 4. The molecular weight excluding hydrogens is 478 g/mol. The number of nitrogens with one attached hydrogen (secondary N) is 1. The van der Waals surface area contributed by atoms with Crippen molar-refractivity contribution in [2.24, 2.45) is 0 Å². The molecule has 10 heteroatoms. The van der Waals surface area contributed by atoms with Crippen molar-refractivity contribution in [3.8, 4) is 5.75 Å². The fourth-order valence-corrected chi connectivity index (χ4v) is 5.15. The second-order valence-corrected chi connectivity index (χ2v) is 9.53. The molecule has 3 aromatic rings. The summed E-state index contributed by atoms with van der Waals surface area (Å²) in [7, 11) is -2.97. The number of sulfonamides is 1. The number of ether oxygens (including phenoxy) is 1. The highest BCUT2D eigenvalue weighted by Gasteiger charge is 2.31. The van der Waals surface area contributed by atoms with Crippen molar-refractivity contribution >= 4 is 50.5 Å². The first-order chi connectivity index (χ1) is 15.1. The van der Waals surface area contributed by atoms with Crippen molar-refractivity contribution in [3.05, 3.63) is 82.1 Å². The van der Waals surface area contributed by atoms with E-state index in [-0.39, 0.29) is 32.1 Å². The fraction of sp³-hybridized carbons (Fsp3) is 0.136. The van der Waals surface area contributed by atoms with Crippen LogP contribution < -0.4 is 14.4 Å². The second-order valence-electron chi connectivity index (χ2n) is 6.82. The number of benzene rings is 3. The summed E-state index contributed by atoms with van der Waals surface area (Å²) in [5.41, 5.74) is 0.658. The summed E-state index contributed by atoms with van der Waals surface area (Å²) in [4.78, 5) is 12.6. The molecular formula is C22H19Cl2FN2O4S. The van der Waals surface area contributed by atoms with Gasteiger partial charge in [-0.05, 0) is 55.0 Å². The van der Waals surface area contributed by atoms with Crippen LogP contribution in [0.1, 0.15) is 5.56 Å². The number of methoxy groups -OCH3 is 1. The number of anilines is 2. The van der Waals surface area contributed by atoms with Gasteiger partial charge in [-0.2, -0.15) is 0 Å². The first-order valence-corrected chi connectivity index (χ1v) is 11.5. The van der Waals surface area contributed by atoms with Crippen LogP contribution >= 0.6 is 23.2 Å².